The number of nitrogens with two attached hydrogens (primary N) is 1. The summed E-state index contributed by atoms with van der Waals surface area (Å²) in [6.45, 7) is 4.53. The maximum absolute atomic E-state index is 14.3. The van der Waals surface area contributed by atoms with Gasteiger partial charge in [-0.15, -0.1) is 0 Å². The number of piperidine rings is 2. The Labute approximate surface area is 388 Å². The van der Waals surface area contributed by atoms with Gasteiger partial charge in [0.2, 0.25) is 11.8 Å². The van der Waals surface area contributed by atoms with Gasteiger partial charge in [-0.05, 0) is 85.0 Å². The molecule has 2 fully saturated rings. The van der Waals surface area contributed by atoms with Gasteiger partial charge in [-0.25, -0.2) is 9.78 Å². The Kier molecular flexibility index (Phi) is 12.1. The number of nitro benzene ring substituents is 1. The number of amides is 6. The van der Waals surface area contributed by atoms with Gasteiger partial charge >= 0.3 is 6.03 Å². The lowest BCUT2D eigenvalue weighted by Crippen LogP contribution is -2.52. The normalized spacial score (nSPS) is 16.9. The largest absolute Gasteiger partial charge is 0.457 e. The van der Waals surface area contributed by atoms with Crippen LogP contribution in [0.3, 0.4) is 0 Å². The lowest BCUT2D eigenvalue weighted by Gasteiger charge is -2.34. The number of para-hydroxylation sites is 1. The summed E-state index contributed by atoms with van der Waals surface area (Å²) >= 11 is 6.33. The first kappa shape index (κ1) is 44.1. The van der Waals surface area contributed by atoms with Crippen LogP contribution < -0.4 is 26.0 Å². The van der Waals surface area contributed by atoms with Gasteiger partial charge in [0.25, 0.3) is 17.5 Å². The van der Waals surface area contributed by atoms with Gasteiger partial charge in [-0.2, -0.15) is 5.10 Å². The zero-order valence-corrected chi connectivity index (χ0v) is 36.6. The molecule has 3 aliphatic heterocycles. The van der Waals surface area contributed by atoms with E-state index in [1.54, 1.807) is 29.3 Å². The first-order valence-electron chi connectivity index (χ1n) is 21.5. The summed E-state index contributed by atoms with van der Waals surface area (Å²) in [7, 11) is 0. The number of anilines is 2. The number of nitrogens with one attached hydrogen (secondary N) is 2. The molecule has 0 saturated carbocycles. The second-order valence-corrected chi connectivity index (χ2v) is 17.0. The van der Waals surface area contributed by atoms with Gasteiger partial charge in [0.1, 0.15) is 29.1 Å². The van der Waals surface area contributed by atoms with Crippen LogP contribution in [-0.2, 0) is 27.5 Å². The minimum absolute atomic E-state index is 0.000200. The summed E-state index contributed by atoms with van der Waals surface area (Å²) in [4.78, 5) is 85.8. The molecule has 2 saturated heterocycles. The number of carbonyl (C=O) groups excluding carboxylic acids is 5. The van der Waals surface area contributed by atoms with Crippen LogP contribution in [-0.4, -0.2) is 84.8 Å². The molecule has 0 bridgehead atoms. The summed E-state index contributed by atoms with van der Waals surface area (Å²) in [6, 6.07) is 25.8. The first-order valence-corrected chi connectivity index (χ1v) is 21.9. The Balaban J connectivity index is 0.913. The Morgan fingerprint density at radius 1 is 1.00 bits per heavy atom. The van der Waals surface area contributed by atoms with Crippen LogP contribution >= 0.6 is 11.6 Å². The number of urea groups is 1. The molecule has 2 aromatic heterocycles. The van der Waals surface area contributed by atoms with Crippen molar-refractivity contribution in [3.8, 4) is 22.8 Å². The molecule has 0 spiro atoms. The van der Waals surface area contributed by atoms with Crippen LogP contribution in [0.5, 0.6) is 11.5 Å². The average molecular weight is 923 g/mol. The number of rotatable bonds is 12. The number of carbonyl (C=O) groups is 5. The maximum atomic E-state index is 14.3. The smallest absolute Gasteiger partial charge is 0.322 e. The van der Waals surface area contributed by atoms with E-state index in [0.717, 1.165) is 17.1 Å². The van der Waals surface area contributed by atoms with E-state index in [2.05, 4.69) is 22.2 Å². The topological polar surface area (TPSA) is 228 Å². The summed E-state index contributed by atoms with van der Waals surface area (Å²) in [5, 5.41) is 22.7. The molecule has 0 radical (unpaired) electrons. The quantitative estimate of drug-likeness (QED) is 0.0493. The first-order chi connectivity index (χ1) is 32.3. The van der Waals surface area contributed by atoms with Crippen LogP contribution in [0.1, 0.15) is 53.2 Å². The molecule has 4 aromatic carbocycles. The fourth-order valence-electron chi connectivity index (χ4n) is 8.83. The number of hydrogen-bond donors (Lipinski definition) is 3. The standard InChI is InChI=1S/C48H43ClN10O8/c1-28(46(62)55-19-5-6-33(27-55)58-39-17-18-51-44(50)42(39)43(54-58)30-10-12-37(13-11-30)67-36-7-3-2-4-8-36)25-56(34-21-32(49)22-35(23-34)59(65)66)48(64)52-24-29-9-14-38-31(20-29)26-57(47(38)63)40-15-16-41(60)53-45(40)61/h2-4,7-14,17-18,20-23,33,40H,1,5-6,15-16,19,24-27H2,(H2,50,51)(H,52,64)(H,53,60,61)/t33-,40?/m1/s1. The Morgan fingerprint density at radius 3 is 2.54 bits per heavy atom. The van der Waals surface area contributed by atoms with E-state index in [-0.39, 0.29) is 78.8 Å². The van der Waals surface area contributed by atoms with Crippen molar-refractivity contribution >= 4 is 69.4 Å². The van der Waals surface area contributed by atoms with Crippen LogP contribution in [0.25, 0.3) is 22.2 Å². The third-order valence-electron chi connectivity index (χ3n) is 12.1. The molecular formula is C48H43ClN10O8. The van der Waals surface area contributed by atoms with E-state index in [1.807, 2.05) is 65.3 Å². The lowest BCUT2D eigenvalue weighted by atomic mass is 10.0. The molecule has 2 atom stereocenters. The minimum Gasteiger partial charge on any atom is -0.457 e. The number of pyridine rings is 1. The number of nitrogen functional groups attached to an aromatic ring is 1. The van der Waals surface area contributed by atoms with Crippen LogP contribution in [0, 0.1) is 10.1 Å². The van der Waals surface area contributed by atoms with Crippen LogP contribution in [0.15, 0.2) is 115 Å². The fraction of sp³-hybridized carbons (Fsp3) is 0.229. The van der Waals surface area contributed by atoms with E-state index in [4.69, 9.17) is 27.2 Å². The van der Waals surface area contributed by atoms with Crippen molar-refractivity contribution in [2.24, 2.45) is 0 Å². The van der Waals surface area contributed by atoms with Crippen molar-refractivity contribution < 1.29 is 33.6 Å². The van der Waals surface area contributed by atoms with Crippen molar-refractivity contribution in [2.75, 3.05) is 30.3 Å². The van der Waals surface area contributed by atoms with Gasteiger partial charge < -0.3 is 25.6 Å². The number of halogens is 1. The molecule has 0 aliphatic carbocycles. The fourth-order valence-corrected chi connectivity index (χ4v) is 9.05. The molecule has 19 heteroatoms. The number of hydrogen-bond acceptors (Lipinski definition) is 11. The Bertz CT molecular complexity index is 3000. The molecule has 3 aliphatic rings. The number of benzene rings is 4. The lowest BCUT2D eigenvalue weighted by molar-refractivity contribution is -0.384. The number of likely N-dealkylation sites (tertiary alicyclic amines) is 1. The SMILES string of the molecule is C=C(CN(C(=O)NCc1ccc2c(c1)CN(C1CCC(=O)NC1=O)C2=O)c1cc(Cl)cc([N+](=O)[O-])c1)C(=O)N1CCC[C@@H](n2nc(-c3ccc(Oc4ccccc4)cc3)c3c(N)nccc32)C1. The van der Waals surface area contributed by atoms with Gasteiger partial charge in [0.15, 0.2) is 0 Å². The summed E-state index contributed by atoms with van der Waals surface area (Å²) in [5.41, 5.74) is 10.1. The summed E-state index contributed by atoms with van der Waals surface area (Å²) < 4.78 is 7.87. The van der Waals surface area contributed by atoms with Crippen molar-refractivity contribution in [2.45, 2.75) is 50.9 Å². The predicted molar refractivity (Wildman–Crippen MR) is 248 cm³/mol. The van der Waals surface area contributed by atoms with Crippen LogP contribution in [0.4, 0.5) is 22.0 Å². The number of nitrogens with zero attached hydrogens (tertiary/aromatic N) is 7. The van der Waals surface area contributed by atoms with Gasteiger partial charge in [0.05, 0.1) is 34.1 Å². The molecule has 6 amide bonds. The van der Waals surface area contributed by atoms with E-state index in [1.165, 1.54) is 21.9 Å². The Hall–Kier alpha value is -8.12. The molecule has 6 aromatic rings. The number of fused-ring (bicyclic) bond motifs is 2. The summed E-state index contributed by atoms with van der Waals surface area (Å²) in [6.07, 6.45) is 3.29. The average Bonchev–Trinajstić information content (AvgIpc) is 3.88. The third-order valence-corrected chi connectivity index (χ3v) is 12.3. The molecule has 5 heterocycles. The predicted octanol–water partition coefficient (Wildman–Crippen LogP) is 6.93. The monoisotopic (exact) mass is 922 g/mol. The van der Waals surface area contributed by atoms with Crippen molar-refractivity contribution in [3.63, 3.8) is 0 Å². The van der Waals surface area contributed by atoms with E-state index >= 15 is 0 Å². The second-order valence-electron chi connectivity index (χ2n) is 16.5. The van der Waals surface area contributed by atoms with Gasteiger partial charge in [-0.1, -0.05) is 48.5 Å². The third kappa shape index (κ3) is 9.11. The number of aromatic nitrogens is 3. The van der Waals surface area contributed by atoms with E-state index in [0.29, 0.717) is 64.5 Å². The number of non-ortho nitro benzene ring substituents is 1. The molecule has 9 rings (SSSR count). The number of nitro groups is 1. The summed E-state index contributed by atoms with van der Waals surface area (Å²) in [5.74, 6) is -0.00249. The minimum atomic E-state index is -0.784. The number of ether oxygens (including phenoxy) is 1. The van der Waals surface area contributed by atoms with Crippen molar-refractivity contribution in [3.05, 3.63) is 147 Å². The highest BCUT2D eigenvalue weighted by Gasteiger charge is 2.39. The maximum Gasteiger partial charge on any atom is 0.322 e. The second kappa shape index (κ2) is 18.4. The zero-order chi connectivity index (χ0) is 46.9. The zero-order valence-electron chi connectivity index (χ0n) is 35.9. The van der Waals surface area contributed by atoms with E-state index < -0.39 is 28.8 Å². The molecule has 4 N–H and O–H groups in total. The highest BCUT2D eigenvalue weighted by Crippen LogP contribution is 2.37. The molecular weight excluding hydrogens is 880 g/mol. The van der Waals surface area contributed by atoms with E-state index in [9.17, 15) is 34.1 Å². The van der Waals surface area contributed by atoms with Crippen molar-refractivity contribution in [1.29, 1.82) is 0 Å². The highest BCUT2D eigenvalue weighted by atomic mass is 35.5. The van der Waals surface area contributed by atoms with Gasteiger partial charge in [-0.3, -0.25) is 44.2 Å². The van der Waals surface area contributed by atoms with Crippen LogP contribution in [0.2, 0.25) is 5.02 Å². The van der Waals surface area contributed by atoms with Crippen molar-refractivity contribution in [1.82, 2.24) is 35.2 Å². The Morgan fingerprint density at radius 2 is 1.78 bits per heavy atom. The molecule has 1 unspecified atom stereocenters. The molecule has 18 nitrogen and oxygen atoms in total. The molecule has 340 valence electrons. The highest BCUT2D eigenvalue weighted by molar-refractivity contribution is 6.31. The van der Waals surface area contributed by atoms with Gasteiger partial charge in [0, 0.05) is 72.7 Å². The number of imide groups is 1. The molecule has 67 heavy (non-hydrogen) atoms.